The molecule has 0 bridgehead atoms. The van der Waals surface area contributed by atoms with Crippen LogP contribution in [0.2, 0.25) is 0 Å². The molecule has 0 heterocycles. The van der Waals surface area contributed by atoms with Gasteiger partial charge in [0.25, 0.3) is 0 Å². The Bertz CT molecular complexity index is 467. The van der Waals surface area contributed by atoms with E-state index in [1.54, 1.807) is 0 Å². The van der Waals surface area contributed by atoms with Crippen molar-refractivity contribution in [3.8, 4) is 11.5 Å². The third kappa shape index (κ3) is 5.20. The maximum absolute atomic E-state index is 5.87. The summed E-state index contributed by atoms with van der Waals surface area (Å²) in [5.74, 6) is 1.47. The van der Waals surface area contributed by atoms with Gasteiger partial charge in [-0.1, -0.05) is 36.4 Å². The average molecular weight is 290 g/mol. The topological polar surface area (TPSA) is 27.7 Å². The van der Waals surface area contributed by atoms with Crippen molar-refractivity contribution < 1.29 is 13.6 Å². The van der Waals surface area contributed by atoms with Crippen molar-refractivity contribution in [3.63, 3.8) is 0 Å². The van der Waals surface area contributed by atoms with Crippen LogP contribution in [-0.4, -0.2) is 5.60 Å². The van der Waals surface area contributed by atoms with Crippen molar-refractivity contribution in [2.45, 2.75) is 26.4 Å². The normalized spacial score (nSPS) is 11.4. The first-order chi connectivity index (χ1) is 9.53. The SMILES string of the molecule is CC(C)(C)OP(Oc1ccccc1)Oc1ccccc1. The van der Waals surface area contributed by atoms with Gasteiger partial charge < -0.3 is 9.05 Å². The van der Waals surface area contributed by atoms with E-state index in [-0.39, 0.29) is 5.60 Å². The van der Waals surface area contributed by atoms with E-state index in [4.69, 9.17) is 13.6 Å². The molecule has 0 saturated heterocycles. The number of hydrogen-bond donors (Lipinski definition) is 0. The molecule has 2 aromatic rings. The Balaban J connectivity index is 2.08. The maximum atomic E-state index is 5.87. The lowest BCUT2D eigenvalue weighted by atomic mass is 10.2. The fraction of sp³-hybridized carbons (Fsp3) is 0.250. The number of rotatable bonds is 5. The first kappa shape index (κ1) is 14.8. The van der Waals surface area contributed by atoms with Gasteiger partial charge in [-0.3, -0.25) is 4.52 Å². The van der Waals surface area contributed by atoms with E-state index in [0.29, 0.717) is 0 Å². The third-order valence-electron chi connectivity index (χ3n) is 2.19. The maximum Gasteiger partial charge on any atom is 0.463 e. The molecule has 0 saturated carbocycles. The largest absolute Gasteiger partial charge is 0.463 e. The predicted molar refractivity (Wildman–Crippen MR) is 81.9 cm³/mol. The van der Waals surface area contributed by atoms with Crippen LogP contribution >= 0.6 is 8.60 Å². The monoisotopic (exact) mass is 290 g/mol. The molecule has 0 amide bonds. The Morgan fingerprint density at radius 3 is 1.45 bits per heavy atom. The van der Waals surface area contributed by atoms with Crippen LogP contribution in [-0.2, 0) is 4.52 Å². The minimum Gasteiger partial charge on any atom is -0.418 e. The molecule has 0 fully saturated rings. The molecule has 20 heavy (non-hydrogen) atoms. The zero-order valence-corrected chi connectivity index (χ0v) is 12.8. The van der Waals surface area contributed by atoms with Crippen molar-refractivity contribution in [2.24, 2.45) is 0 Å². The molecule has 0 aliphatic rings. The molecule has 2 aromatic carbocycles. The van der Waals surface area contributed by atoms with Crippen LogP contribution in [0.15, 0.2) is 60.7 Å². The first-order valence-corrected chi connectivity index (χ1v) is 7.58. The lowest BCUT2D eigenvalue weighted by Gasteiger charge is -2.25. The molecule has 0 unspecified atom stereocenters. The molecular formula is C16H19O3P. The van der Waals surface area contributed by atoms with Gasteiger partial charge in [0.05, 0.1) is 5.60 Å². The molecule has 0 radical (unpaired) electrons. The van der Waals surface area contributed by atoms with Crippen LogP contribution in [0.3, 0.4) is 0 Å². The molecule has 0 aliphatic carbocycles. The molecule has 3 nitrogen and oxygen atoms in total. The molecule has 0 N–H and O–H groups in total. The summed E-state index contributed by atoms with van der Waals surface area (Å²) in [6.45, 7) is 5.93. The van der Waals surface area contributed by atoms with Crippen molar-refractivity contribution >= 4 is 8.60 Å². The quantitative estimate of drug-likeness (QED) is 0.709. The minimum absolute atomic E-state index is 0.338. The Morgan fingerprint density at radius 2 is 1.10 bits per heavy atom. The van der Waals surface area contributed by atoms with Crippen LogP contribution in [0.1, 0.15) is 20.8 Å². The molecule has 2 rings (SSSR count). The van der Waals surface area contributed by atoms with E-state index >= 15 is 0 Å². The first-order valence-electron chi connectivity index (χ1n) is 6.48. The standard InChI is InChI=1S/C16H19O3P/c1-16(2,3)19-20(17-14-10-6-4-7-11-14)18-15-12-8-5-9-13-15/h4-13H,1-3H3. The molecular weight excluding hydrogens is 271 g/mol. The molecule has 0 aliphatic heterocycles. The van der Waals surface area contributed by atoms with Gasteiger partial charge >= 0.3 is 8.60 Å². The van der Waals surface area contributed by atoms with Gasteiger partial charge in [0.15, 0.2) is 0 Å². The second-order valence-corrected chi connectivity index (χ2v) is 6.23. The van der Waals surface area contributed by atoms with Crippen LogP contribution in [0.4, 0.5) is 0 Å². The number of hydrogen-bond acceptors (Lipinski definition) is 3. The second-order valence-electron chi connectivity index (χ2n) is 5.24. The van der Waals surface area contributed by atoms with Crippen molar-refractivity contribution in [3.05, 3.63) is 60.7 Å². The minimum atomic E-state index is -1.50. The number of para-hydroxylation sites is 2. The summed E-state index contributed by atoms with van der Waals surface area (Å²) in [6.07, 6.45) is 0. The van der Waals surface area contributed by atoms with Gasteiger partial charge in [0, 0.05) is 0 Å². The highest BCUT2D eigenvalue weighted by Gasteiger charge is 2.25. The number of benzene rings is 2. The zero-order valence-electron chi connectivity index (χ0n) is 11.9. The van der Waals surface area contributed by atoms with E-state index in [2.05, 4.69) is 0 Å². The Kier molecular flexibility index (Phi) is 4.99. The predicted octanol–water partition coefficient (Wildman–Crippen LogP) is 5.19. The van der Waals surface area contributed by atoms with Crippen LogP contribution in [0, 0.1) is 0 Å². The van der Waals surface area contributed by atoms with Gasteiger partial charge in [-0.25, -0.2) is 0 Å². The fourth-order valence-corrected chi connectivity index (χ4v) is 2.56. The van der Waals surface area contributed by atoms with Gasteiger partial charge in [-0.15, -0.1) is 0 Å². The Morgan fingerprint density at radius 1 is 0.700 bits per heavy atom. The van der Waals surface area contributed by atoms with E-state index < -0.39 is 8.60 Å². The van der Waals surface area contributed by atoms with Gasteiger partial charge in [0.2, 0.25) is 0 Å². The zero-order chi connectivity index (χ0) is 14.4. The lowest BCUT2D eigenvalue weighted by Crippen LogP contribution is -2.18. The van der Waals surface area contributed by atoms with Crippen LogP contribution in [0.25, 0.3) is 0 Å². The van der Waals surface area contributed by atoms with Crippen LogP contribution in [0.5, 0.6) is 11.5 Å². The molecule has 4 heteroatoms. The highest BCUT2D eigenvalue weighted by atomic mass is 31.2. The van der Waals surface area contributed by atoms with Crippen molar-refractivity contribution in [2.75, 3.05) is 0 Å². The van der Waals surface area contributed by atoms with Crippen molar-refractivity contribution in [1.29, 1.82) is 0 Å². The second kappa shape index (κ2) is 6.74. The third-order valence-corrected chi connectivity index (χ3v) is 3.61. The van der Waals surface area contributed by atoms with E-state index in [1.165, 1.54) is 0 Å². The molecule has 0 spiro atoms. The Hall–Kier alpha value is -1.57. The highest BCUT2D eigenvalue weighted by molar-refractivity contribution is 7.42. The van der Waals surface area contributed by atoms with Gasteiger partial charge in [-0.05, 0) is 45.0 Å². The summed E-state index contributed by atoms with van der Waals surface area (Å²) in [6, 6.07) is 19.1. The summed E-state index contributed by atoms with van der Waals surface area (Å²) >= 11 is 0. The Labute approximate surface area is 121 Å². The van der Waals surface area contributed by atoms with E-state index in [0.717, 1.165) is 11.5 Å². The molecule has 0 aromatic heterocycles. The molecule has 0 atom stereocenters. The van der Waals surface area contributed by atoms with Crippen LogP contribution < -0.4 is 9.05 Å². The summed E-state index contributed by atoms with van der Waals surface area (Å²) in [4.78, 5) is 0. The van der Waals surface area contributed by atoms with E-state index in [1.807, 2.05) is 81.4 Å². The highest BCUT2D eigenvalue weighted by Crippen LogP contribution is 2.44. The van der Waals surface area contributed by atoms with Gasteiger partial charge in [0.1, 0.15) is 11.5 Å². The average Bonchev–Trinajstić information content (AvgIpc) is 2.39. The summed E-state index contributed by atoms with van der Waals surface area (Å²) in [5, 5.41) is 0. The summed E-state index contributed by atoms with van der Waals surface area (Å²) < 4.78 is 17.5. The molecule has 106 valence electrons. The summed E-state index contributed by atoms with van der Waals surface area (Å²) in [7, 11) is -1.50. The summed E-state index contributed by atoms with van der Waals surface area (Å²) in [5.41, 5.74) is -0.338. The lowest BCUT2D eigenvalue weighted by molar-refractivity contribution is 0.115. The fourth-order valence-electron chi connectivity index (χ4n) is 1.41. The van der Waals surface area contributed by atoms with E-state index in [9.17, 15) is 0 Å². The van der Waals surface area contributed by atoms with Gasteiger partial charge in [-0.2, -0.15) is 0 Å². The smallest absolute Gasteiger partial charge is 0.418 e. The van der Waals surface area contributed by atoms with Crippen molar-refractivity contribution in [1.82, 2.24) is 0 Å².